The molecule has 0 bridgehead atoms. The van der Waals surface area contributed by atoms with E-state index in [0.29, 0.717) is 19.7 Å². The van der Waals surface area contributed by atoms with Gasteiger partial charge in [0.05, 0.1) is 6.61 Å². The smallest absolute Gasteiger partial charge is 0.314 e. The van der Waals surface area contributed by atoms with Crippen molar-refractivity contribution in [1.82, 2.24) is 15.5 Å². The van der Waals surface area contributed by atoms with Gasteiger partial charge in [0.1, 0.15) is 0 Å². The Labute approximate surface area is 92.2 Å². The summed E-state index contributed by atoms with van der Waals surface area (Å²) < 4.78 is 4.82. The molecule has 0 aliphatic rings. The van der Waals surface area contributed by atoms with Crippen LogP contribution in [0.2, 0.25) is 0 Å². The number of hydrogen-bond acceptors (Lipinski definition) is 3. The predicted octanol–water partition coefficient (Wildman–Crippen LogP) is 0.274. The van der Waals surface area contributed by atoms with Crippen molar-refractivity contribution in [2.75, 3.05) is 46.4 Å². The minimum atomic E-state index is -0.126. The number of nitrogens with zero attached hydrogens (tertiary/aromatic N) is 1. The minimum Gasteiger partial charge on any atom is -0.383 e. The van der Waals surface area contributed by atoms with E-state index < -0.39 is 0 Å². The zero-order valence-electron chi connectivity index (χ0n) is 10.0. The molecule has 2 N–H and O–H groups in total. The lowest BCUT2D eigenvalue weighted by Gasteiger charge is -2.18. The molecule has 5 heteroatoms. The topological polar surface area (TPSA) is 53.6 Å². The van der Waals surface area contributed by atoms with Gasteiger partial charge in [-0.3, -0.25) is 0 Å². The maximum Gasteiger partial charge on any atom is 0.314 e. The van der Waals surface area contributed by atoms with Gasteiger partial charge in [0, 0.05) is 26.7 Å². The average molecular weight is 217 g/mol. The van der Waals surface area contributed by atoms with Crippen LogP contribution < -0.4 is 10.6 Å². The molecule has 0 heterocycles. The first kappa shape index (κ1) is 14.2. The predicted molar refractivity (Wildman–Crippen MR) is 61.1 cm³/mol. The Bertz CT molecular complexity index is 161. The van der Waals surface area contributed by atoms with Gasteiger partial charge in [-0.25, -0.2) is 4.79 Å². The number of urea groups is 1. The van der Waals surface area contributed by atoms with E-state index >= 15 is 0 Å². The summed E-state index contributed by atoms with van der Waals surface area (Å²) in [7, 11) is 1.61. The van der Waals surface area contributed by atoms with Crippen LogP contribution in [-0.2, 0) is 4.74 Å². The van der Waals surface area contributed by atoms with Gasteiger partial charge < -0.3 is 20.3 Å². The molecule has 0 aromatic rings. The molecule has 0 atom stereocenters. The highest BCUT2D eigenvalue weighted by Gasteiger charge is 2.01. The molecule has 0 radical (unpaired) electrons. The van der Waals surface area contributed by atoms with Crippen molar-refractivity contribution in [3.8, 4) is 0 Å². The maximum atomic E-state index is 11.2. The molecule has 0 saturated carbocycles. The van der Waals surface area contributed by atoms with Crippen molar-refractivity contribution in [2.24, 2.45) is 0 Å². The highest BCUT2D eigenvalue weighted by atomic mass is 16.5. The van der Waals surface area contributed by atoms with Crippen molar-refractivity contribution in [3.63, 3.8) is 0 Å². The quantitative estimate of drug-likeness (QED) is 0.574. The van der Waals surface area contributed by atoms with Gasteiger partial charge >= 0.3 is 6.03 Å². The summed E-state index contributed by atoms with van der Waals surface area (Å²) in [5.74, 6) is 0. The van der Waals surface area contributed by atoms with Crippen molar-refractivity contribution < 1.29 is 9.53 Å². The molecule has 0 fully saturated rings. The summed E-state index contributed by atoms with van der Waals surface area (Å²) in [5, 5.41) is 5.49. The summed E-state index contributed by atoms with van der Waals surface area (Å²) >= 11 is 0. The molecule has 90 valence electrons. The van der Waals surface area contributed by atoms with E-state index in [1.54, 1.807) is 7.11 Å². The van der Waals surface area contributed by atoms with E-state index in [0.717, 1.165) is 19.6 Å². The Balaban J connectivity index is 3.37. The molecule has 0 aliphatic heterocycles. The van der Waals surface area contributed by atoms with E-state index in [-0.39, 0.29) is 6.03 Å². The summed E-state index contributed by atoms with van der Waals surface area (Å²) in [5.41, 5.74) is 0. The van der Waals surface area contributed by atoms with Gasteiger partial charge in [-0.15, -0.1) is 0 Å². The van der Waals surface area contributed by atoms with Crippen LogP contribution in [0.1, 0.15) is 13.8 Å². The van der Waals surface area contributed by atoms with Crippen LogP contribution in [0.3, 0.4) is 0 Å². The fourth-order valence-electron chi connectivity index (χ4n) is 1.20. The monoisotopic (exact) mass is 217 g/mol. The SMILES string of the molecule is CCN(CC)CCNC(=O)NCCOC. The van der Waals surface area contributed by atoms with Gasteiger partial charge in [0.15, 0.2) is 0 Å². The molecule has 0 aromatic carbocycles. The minimum absolute atomic E-state index is 0.126. The van der Waals surface area contributed by atoms with Crippen molar-refractivity contribution in [3.05, 3.63) is 0 Å². The summed E-state index contributed by atoms with van der Waals surface area (Å²) in [6, 6.07) is -0.126. The largest absolute Gasteiger partial charge is 0.383 e. The number of nitrogens with one attached hydrogen (secondary N) is 2. The second kappa shape index (κ2) is 9.73. The van der Waals surface area contributed by atoms with E-state index in [1.165, 1.54) is 0 Å². The normalized spacial score (nSPS) is 10.4. The summed E-state index contributed by atoms with van der Waals surface area (Å²) in [6.07, 6.45) is 0. The zero-order valence-corrected chi connectivity index (χ0v) is 10.0. The second-order valence-electron chi connectivity index (χ2n) is 3.20. The van der Waals surface area contributed by atoms with Crippen molar-refractivity contribution in [2.45, 2.75) is 13.8 Å². The van der Waals surface area contributed by atoms with E-state index in [9.17, 15) is 4.79 Å². The maximum absolute atomic E-state index is 11.2. The molecule has 0 rings (SSSR count). The molecule has 0 aliphatic carbocycles. The first-order valence-electron chi connectivity index (χ1n) is 5.47. The lowest BCUT2D eigenvalue weighted by molar-refractivity contribution is 0.195. The summed E-state index contributed by atoms with van der Waals surface area (Å²) in [4.78, 5) is 13.4. The fraction of sp³-hybridized carbons (Fsp3) is 0.900. The van der Waals surface area contributed by atoms with Crippen LogP contribution in [0.5, 0.6) is 0 Å². The lowest BCUT2D eigenvalue weighted by atomic mass is 10.4. The number of carbonyl (C=O) groups is 1. The van der Waals surface area contributed by atoms with Gasteiger partial charge in [-0.1, -0.05) is 13.8 Å². The fourth-order valence-corrected chi connectivity index (χ4v) is 1.20. The van der Waals surface area contributed by atoms with Gasteiger partial charge in [0.2, 0.25) is 0 Å². The lowest BCUT2D eigenvalue weighted by Crippen LogP contribution is -2.41. The Morgan fingerprint density at radius 1 is 1.20 bits per heavy atom. The number of hydrogen-bond donors (Lipinski definition) is 2. The Kier molecular flexibility index (Phi) is 9.21. The van der Waals surface area contributed by atoms with E-state index in [2.05, 4.69) is 29.4 Å². The van der Waals surface area contributed by atoms with Crippen LogP contribution in [0.15, 0.2) is 0 Å². The third-order valence-corrected chi connectivity index (χ3v) is 2.20. The Morgan fingerprint density at radius 3 is 2.33 bits per heavy atom. The van der Waals surface area contributed by atoms with Crippen LogP contribution >= 0.6 is 0 Å². The molecule has 5 nitrogen and oxygen atoms in total. The first-order valence-corrected chi connectivity index (χ1v) is 5.47. The molecular weight excluding hydrogens is 194 g/mol. The molecule has 0 aromatic heterocycles. The Hall–Kier alpha value is -0.810. The molecule has 0 unspecified atom stereocenters. The number of rotatable bonds is 8. The van der Waals surface area contributed by atoms with Gasteiger partial charge in [0.25, 0.3) is 0 Å². The summed E-state index contributed by atoms with van der Waals surface area (Å²) in [6.45, 7) is 8.93. The number of amides is 2. The molecule has 0 spiro atoms. The van der Waals surface area contributed by atoms with Crippen LogP contribution in [0, 0.1) is 0 Å². The van der Waals surface area contributed by atoms with E-state index in [1.807, 2.05) is 0 Å². The standard InChI is InChI=1S/C10H23N3O2/c1-4-13(5-2)8-6-11-10(14)12-7-9-15-3/h4-9H2,1-3H3,(H2,11,12,14). The number of ether oxygens (including phenoxy) is 1. The molecule has 0 saturated heterocycles. The highest BCUT2D eigenvalue weighted by molar-refractivity contribution is 5.73. The Morgan fingerprint density at radius 2 is 1.80 bits per heavy atom. The average Bonchev–Trinajstić information content (AvgIpc) is 2.25. The third kappa shape index (κ3) is 8.20. The van der Waals surface area contributed by atoms with Crippen LogP contribution in [0.25, 0.3) is 0 Å². The van der Waals surface area contributed by atoms with Gasteiger partial charge in [-0.2, -0.15) is 0 Å². The number of likely N-dealkylation sites (N-methyl/N-ethyl adjacent to an activating group) is 1. The van der Waals surface area contributed by atoms with Crippen molar-refractivity contribution >= 4 is 6.03 Å². The second-order valence-corrected chi connectivity index (χ2v) is 3.20. The van der Waals surface area contributed by atoms with Gasteiger partial charge in [-0.05, 0) is 13.1 Å². The number of methoxy groups -OCH3 is 1. The van der Waals surface area contributed by atoms with Crippen LogP contribution in [-0.4, -0.2) is 57.4 Å². The third-order valence-electron chi connectivity index (χ3n) is 2.20. The molecule has 15 heavy (non-hydrogen) atoms. The molecular formula is C10H23N3O2. The van der Waals surface area contributed by atoms with E-state index in [4.69, 9.17) is 4.74 Å². The number of carbonyl (C=O) groups excluding carboxylic acids is 1. The first-order chi connectivity index (χ1) is 7.24. The molecule has 2 amide bonds. The highest BCUT2D eigenvalue weighted by Crippen LogP contribution is 1.83. The van der Waals surface area contributed by atoms with Crippen LogP contribution in [0.4, 0.5) is 4.79 Å². The zero-order chi connectivity index (χ0) is 11.5. The van der Waals surface area contributed by atoms with Crippen molar-refractivity contribution in [1.29, 1.82) is 0 Å².